The Hall–Kier alpha value is -1.06. The summed E-state index contributed by atoms with van der Waals surface area (Å²) in [6.07, 6.45) is 3.13. The molecule has 2 nitrogen and oxygen atoms in total. The van der Waals surface area contributed by atoms with Crippen LogP contribution in [0.25, 0.3) is 0 Å². The summed E-state index contributed by atoms with van der Waals surface area (Å²) in [5, 5.41) is 3.64. The van der Waals surface area contributed by atoms with Crippen molar-refractivity contribution in [2.24, 2.45) is 5.73 Å². The standard InChI is InChI=1S/C18H24N2.2ClH/c19-13-11-18(15-17-9-5-2-6-10-17)20-14-12-16-7-3-1-4-8-16;;/h1-10,18,20H,11-15,19H2;2*1H. The molecule has 2 rings (SSSR count). The molecule has 1 unspecified atom stereocenters. The van der Waals surface area contributed by atoms with E-state index in [1.165, 1.54) is 11.1 Å². The number of nitrogens with two attached hydrogens (primary N) is 1. The van der Waals surface area contributed by atoms with Crippen LogP contribution in [0.1, 0.15) is 17.5 Å². The zero-order valence-corrected chi connectivity index (χ0v) is 14.4. The molecule has 0 spiro atoms. The van der Waals surface area contributed by atoms with Crippen molar-refractivity contribution in [2.75, 3.05) is 13.1 Å². The zero-order chi connectivity index (χ0) is 14.0. The van der Waals surface area contributed by atoms with Crippen molar-refractivity contribution in [2.45, 2.75) is 25.3 Å². The number of benzene rings is 2. The molecular formula is C18H26Cl2N2. The lowest BCUT2D eigenvalue weighted by atomic mass is 10.0. The van der Waals surface area contributed by atoms with Crippen LogP contribution >= 0.6 is 24.8 Å². The highest BCUT2D eigenvalue weighted by Crippen LogP contribution is 2.06. The van der Waals surface area contributed by atoms with Crippen molar-refractivity contribution < 1.29 is 0 Å². The van der Waals surface area contributed by atoms with Gasteiger partial charge in [-0.2, -0.15) is 0 Å². The van der Waals surface area contributed by atoms with Gasteiger partial charge in [0.15, 0.2) is 0 Å². The predicted octanol–water partition coefficient (Wildman–Crippen LogP) is 3.62. The molecule has 0 bridgehead atoms. The molecule has 2 aromatic carbocycles. The van der Waals surface area contributed by atoms with Gasteiger partial charge >= 0.3 is 0 Å². The molecule has 3 N–H and O–H groups in total. The van der Waals surface area contributed by atoms with Gasteiger partial charge in [0.2, 0.25) is 0 Å². The molecule has 0 heterocycles. The molecule has 0 radical (unpaired) electrons. The third-order valence-electron chi connectivity index (χ3n) is 3.53. The predicted molar refractivity (Wildman–Crippen MR) is 100 cm³/mol. The molecule has 2 aromatic rings. The summed E-state index contributed by atoms with van der Waals surface area (Å²) in [5.41, 5.74) is 8.48. The first kappa shape index (κ1) is 20.9. The molecule has 0 aliphatic carbocycles. The number of nitrogens with one attached hydrogen (secondary N) is 1. The van der Waals surface area contributed by atoms with E-state index in [0.29, 0.717) is 6.04 Å². The van der Waals surface area contributed by atoms with E-state index < -0.39 is 0 Å². The van der Waals surface area contributed by atoms with Crippen LogP contribution in [0.5, 0.6) is 0 Å². The van der Waals surface area contributed by atoms with Crippen molar-refractivity contribution in [1.29, 1.82) is 0 Å². The van der Waals surface area contributed by atoms with Crippen molar-refractivity contribution in [3.8, 4) is 0 Å². The first-order chi connectivity index (χ1) is 9.88. The molecule has 0 aliphatic heterocycles. The Morgan fingerprint density at radius 2 is 1.36 bits per heavy atom. The first-order valence-electron chi connectivity index (χ1n) is 7.40. The van der Waals surface area contributed by atoms with Gasteiger partial charge in [-0.1, -0.05) is 60.7 Å². The van der Waals surface area contributed by atoms with Crippen LogP contribution in [0.3, 0.4) is 0 Å². The van der Waals surface area contributed by atoms with Crippen molar-refractivity contribution >= 4 is 24.8 Å². The smallest absolute Gasteiger partial charge is 0.0120 e. The second-order valence-electron chi connectivity index (χ2n) is 5.15. The van der Waals surface area contributed by atoms with Gasteiger partial charge in [-0.3, -0.25) is 0 Å². The molecule has 0 fully saturated rings. The van der Waals surface area contributed by atoms with Crippen LogP contribution < -0.4 is 11.1 Å². The van der Waals surface area contributed by atoms with Crippen LogP contribution in [0.2, 0.25) is 0 Å². The Morgan fingerprint density at radius 1 is 0.818 bits per heavy atom. The van der Waals surface area contributed by atoms with E-state index in [1.54, 1.807) is 0 Å². The van der Waals surface area contributed by atoms with E-state index in [4.69, 9.17) is 5.73 Å². The minimum Gasteiger partial charge on any atom is -0.330 e. The molecule has 0 amide bonds. The van der Waals surface area contributed by atoms with E-state index in [0.717, 1.165) is 32.4 Å². The Balaban J connectivity index is 0.00000220. The van der Waals surface area contributed by atoms with Gasteiger partial charge < -0.3 is 11.1 Å². The molecule has 22 heavy (non-hydrogen) atoms. The molecule has 0 saturated carbocycles. The lowest BCUT2D eigenvalue weighted by Crippen LogP contribution is -2.34. The average Bonchev–Trinajstić information content (AvgIpc) is 2.49. The fourth-order valence-corrected chi connectivity index (χ4v) is 2.44. The van der Waals surface area contributed by atoms with E-state index in [2.05, 4.69) is 66.0 Å². The largest absolute Gasteiger partial charge is 0.330 e. The zero-order valence-electron chi connectivity index (χ0n) is 12.8. The molecule has 1 atom stereocenters. The van der Waals surface area contributed by atoms with Crippen LogP contribution in [0.4, 0.5) is 0 Å². The highest BCUT2D eigenvalue weighted by atomic mass is 35.5. The topological polar surface area (TPSA) is 38.0 Å². The normalized spacial score (nSPS) is 11.1. The SMILES string of the molecule is Cl.Cl.NCCC(Cc1ccccc1)NCCc1ccccc1. The second kappa shape index (κ2) is 12.5. The maximum absolute atomic E-state index is 5.73. The second-order valence-corrected chi connectivity index (χ2v) is 5.15. The van der Waals surface area contributed by atoms with Gasteiger partial charge in [-0.25, -0.2) is 0 Å². The number of rotatable bonds is 8. The highest BCUT2D eigenvalue weighted by molar-refractivity contribution is 5.85. The quantitative estimate of drug-likeness (QED) is 0.770. The van der Waals surface area contributed by atoms with Gasteiger partial charge in [-0.05, 0) is 43.5 Å². The van der Waals surface area contributed by atoms with Gasteiger partial charge in [0.05, 0.1) is 0 Å². The fraction of sp³-hybridized carbons (Fsp3) is 0.333. The van der Waals surface area contributed by atoms with Gasteiger partial charge in [-0.15, -0.1) is 24.8 Å². The first-order valence-corrected chi connectivity index (χ1v) is 7.40. The van der Waals surface area contributed by atoms with Crippen LogP contribution in [0, 0.1) is 0 Å². The van der Waals surface area contributed by atoms with E-state index >= 15 is 0 Å². The van der Waals surface area contributed by atoms with Gasteiger partial charge in [0.25, 0.3) is 0 Å². The van der Waals surface area contributed by atoms with Crippen molar-refractivity contribution in [3.05, 3.63) is 71.8 Å². The maximum Gasteiger partial charge on any atom is 0.0120 e. The van der Waals surface area contributed by atoms with E-state index in [-0.39, 0.29) is 24.8 Å². The van der Waals surface area contributed by atoms with Crippen LogP contribution in [-0.4, -0.2) is 19.1 Å². The molecule has 4 heteroatoms. The number of halogens is 2. The molecule has 0 saturated heterocycles. The lowest BCUT2D eigenvalue weighted by molar-refractivity contribution is 0.486. The summed E-state index contributed by atoms with van der Waals surface area (Å²) in [5.74, 6) is 0. The third kappa shape index (κ3) is 7.81. The van der Waals surface area contributed by atoms with Crippen molar-refractivity contribution in [3.63, 3.8) is 0 Å². The Morgan fingerprint density at radius 3 is 1.91 bits per heavy atom. The van der Waals surface area contributed by atoms with E-state index in [1.807, 2.05) is 0 Å². The highest BCUT2D eigenvalue weighted by Gasteiger charge is 2.07. The molecule has 0 aromatic heterocycles. The minimum absolute atomic E-state index is 0. The van der Waals surface area contributed by atoms with Crippen LogP contribution in [0.15, 0.2) is 60.7 Å². The number of hydrogen-bond donors (Lipinski definition) is 2. The Labute approximate surface area is 146 Å². The molecule has 122 valence electrons. The number of hydrogen-bond acceptors (Lipinski definition) is 2. The molecular weight excluding hydrogens is 315 g/mol. The van der Waals surface area contributed by atoms with Crippen molar-refractivity contribution in [1.82, 2.24) is 5.32 Å². The third-order valence-corrected chi connectivity index (χ3v) is 3.53. The summed E-state index contributed by atoms with van der Waals surface area (Å²) in [7, 11) is 0. The lowest BCUT2D eigenvalue weighted by Gasteiger charge is -2.18. The summed E-state index contributed by atoms with van der Waals surface area (Å²) < 4.78 is 0. The summed E-state index contributed by atoms with van der Waals surface area (Å²) in [6.45, 7) is 1.73. The van der Waals surface area contributed by atoms with Gasteiger partial charge in [0, 0.05) is 6.04 Å². The average molecular weight is 341 g/mol. The van der Waals surface area contributed by atoms with Crippen LogP contribution in [-0.2, 0) is 12.8 Å². The summed E-state index contributed by atoms with van der Waals surface area (Å²) in [4.78, 5) is 0. The Bertz CT molecular complexity index is 477. The maximum atomic E-state index is 5.73. The minimum atomic E-state index is 0. The Kier molecular flexibility index (Phi) is 11.9. The monoisotopic (exact) mass is 340 g/mol. The summed E-state index contributed by atoms with van der Waals surface area (Å²) in [6, 6.07) is 21.7. The summed E-state index contributed by atoms with van der Waals surface area (Å²) >= 11 is 0. The van der Waals surface area contributed by atoms with E-state index in [9.17, 15) is 0 Å². The fourth-order valence-electron chi connectivity index (χ4n) is 2.44. The van der Waals surface area contributed by atoms with Gasteiger partial charge in [0.1, 0.15) is 0 Å². The molecule has 0 aliphatic rings.